The molecule has 1 fully saturated rings. The van der Waals surface area contributed by atoms with Gasteiger partial charge in [0.15, 0.2) is 0 Å². The second kappa shape index (κ2) is 7.08. The Balaban J connectivity index is 1.61. The third kappa shape index (κ3) is 3.16. The van der Waals surface area contributed by atoms with Crippen LogP contribution in [0.3, 0.4) is 0 Å². The van der Waals surface area contributed by atoms with Crippen LogP contribution in [0.25, 0.3) is 0 Å². The van der Waals surface area contributed by atoms with E-state index >= 15 is 0 Å². The number of amides is 3. The molecule has 8 nitrogen and oxygen atoms in total. The number of benzene rings is 1. The first kappa shape index (κ1) is 19.8. The Hall–Kier alpha value is -3.49. The molecule has 1 aliphatic rings. The molecule has 3 amide bonds. The quantitative estimate of drug-likeness (QED) is 0.601. The maximum atomic E-state index is 14.1. The van der Waals surface area contributed by atoms with Crippen molar-refractivity contribution in [3.8, 4) is 0 Å². The van der Waals surface area contributed by atoms with Crippen LogP contribution in [0.1, 0.15) is 36.4 Å². The molecule has 3 heterocycles. The number of carbonyl (C=O) groups excluding carboxylic acids is 2. The van der Waals surface area contributed by atoms with Gasteiger partial charge in [-0.05, 0) is 33.8 Å². The number of anilines is 1. The average Bonchev–Trinajstić information content (AvgIpc) is 3.33. The molecule has 9 heteroatoms. The summed E-state index contributed by atoms with van der Waals surface area (Å²) in [6, 6.07) is 5.71. The lowest BCUT2D eigenvalue weighted by molar-refractivity contribution is -0.123. The standard InChI is InChI=1S/C21H22FN5O3/c1-13-17(14(2)30-24-13)12-25-11-16(9-23-25)27-19(28)21(3,4)26(20(27)29)10-15-7-5-6-8-18(15)22/h5-9,11H,10,12H2,1-4H3. The number of imide groups is 1. The fourth-order valence-electron chi connectivity index (χ4n) is 3.57. The van der Waals surface area contributed by atoms with Crippen LogP contribution in [-0.4, -0.2) is 37.3 Å². The zero-order valence-electron chi connectivity index (χ0n) is 17.2. The number of nitrogens with zero attached hydrogens (tertiary/aromatic N) is 5. The van der Waals surface area contributed by atoms with E-state index in [1.54, 1.807) is 42.9 Å². The Bertz CT molecular complexity index is 1110. The second-order valence-corrected chi connectivity index (χ2v) is 7.86. The van der Waals surface area contributed by atoms with Gasteiger partial charge >= 0.3 is 6.03 Å². The number of carbonyl (C=O) groups is 2. The Kier molecular flexibility index (Phi) is 4.68. The smallest absolute Gasteiger partial charge is 0.332 e. The molecule has 0 spiro atoms. The molecule has 1 aromatic carbocycles. The molecule has 156 valence electrons. The molecular formula is C21H22FN5O3. The number of aryl methyl sites for hydroxylation is 2. The van der Waals surface area contributed by atoms with E-state index in [2.05, 4.69) is 10.3 Å². The first-order valence-electron chi connectivity index (χ1n) is 9.54. The molecule has 30 heavy (non-hydrogen) atoms. The first-order chi connectivity index (χ1) is 14.2. The van der Waals surface area contributed by atoms with Crippen LogP contribution in [0, 0.1) is 19.7 Å². The van der Waals surface area contributed by atoms with E-state index in [1.165, 1.54) is 17.2 Å². The van der Waals surface area contributed by atoms with Crippen molar-refractivity contribution >= 4 is 17.6 Å². The van der Waals surface area contributed by atoms with Gasteiger partial charge in [-0.1, -0.05) is 23.4 Å². The Morgan fingerprint density at radius 2 is 1.87 bits per heavy atom. The van der Waals surface area contributed by atoms with Gasteiger partial charge < -0.3 is 9.42 Å². The zero-order valence-corrected chi connectivity index (χ0v) is 17.2. The molecule has 2 aromatic heterocycles. The second-order valence-electron chi connectivity index (χ2n) is 7.86. The number of halogens is 1. The summed E-state index contributed by atoms with van der Waals surface area (Å²) in [4.78, 5) is 28.7. The van der Waals surface area contributed by atoms with Crippen molar-refractivity contribution in [2.45, 2.75) is 46.3 Å². The molecule has 0 atom stereocenters. The van der Waals surface area contributed by atoms with Crippen LogP contribution in [0.2, 0.25) is 0 Å². The molecule has 0 unspecified atom stereocenters. The van der Waals surface area contributed by atoms with Gasteiger partial charge in [-0.25, -0.2) is 14.1 Å². The van der Waals surface area contributed by atoms with E-state index in [0.29, 0.717) is 23.6 Å². The zero-order chi connectivity index (χ0) is 21.6. The molecule has 0 aliphatic carbocycles. The van der Waals surface area contributed by atoms with Crippen molar-refractivity contribution < 1.29 is 18.5 Å². The van der Waals surface area contributed by atoms with Crippen molar-refractivity contribution in [3.63, 3.8) is 0 Å². The predicted molar refractivity (Wildman–Crippen MR) is 106 cm³/mol. The van der Waals surface area contributed by atoms with Gasteiger partial charge in [-0.2, -0.15) is 5.10 Å². The predicted octanol–water partition coefficient (Wildman–Crippen LogP) is 3.42. The van der Waals surface area contributed by atoms with E-state index in [9.17, 15) is 14.0 Å². The van der Waals surface area contributed by atoms with Gasteiger partial charge in [0.1, 0.15) is 17.1 Å². The molecule has 3 aromatic rings. The minimum absolute atomic E-state index is 0.00599. The Morgan fingerprint density at radius 3 is 2.53 bits per heavy atom. The van der Waals surface area contributed by atoms with Crippen LogP contribution < -0.4 is 4.90 Å². The molecule has 4 rings (SSSR count). The molecule has 0 saturated carbocycles. The van der Waals surface area contributed by atoms with Crippen molar-refractivity contribution in [3.05, 3.63) is 65.1 Å². The fourth-order valence-corrected chi connectivity index (χ4v) is 3.57. The summed E-state index contributed by atoms with van der Waals surface area (Å²) in [5, 5.41) is 8.20. The van der Waals surface area contributed by atoms with Gasteiger partial charge in [0, 0.05) is 17.3 Å². The van der Waals surface area contributed by atoms with Gasteiger partial charge in [-0.3, -0.25) is 9.48 Å². The monoisotopic (exact) mass is 411 g/mol. The van der Waals surface area contributed by atoms with Crippen LogP contribution in [0.15, 0.2) is 41.2 Å². The highest BCUT2D eigenvalue weighted by atomic mass is 19.1. The summed E-state index contributed by atoms with van der Waals surface area (Å²) in [5.74, 6) is -0.116. The third-order valence-electron chi connectivity index (χ3n) is 5.49. The largest absolute Gasteiger partial charge is 0.361 e. The summed E-state index contributed by atoms with van der Waals surface area (Å²) in [7, 11) is 0. The van der Waals surface area contributed by atoms with E-state index < -0.39 is 17.4 Å². The Labute approximate surface area is 172 Å². The minimum atomic E-state index is -1.12. The Morgan fingerprint density at radius 1 is 1.13 bits per heavy atom. The maximum absolute atomic E-state index is 14.1. The third-order valence-corrected chi connectivity index (χ3v) is 5.49. The molecule has 0 bridgehead atoms. The number of urea groups is 1. The lowest BCUT2D eigenvalue weighted by atomic mass is 10.0. The average molecular weight is 411 g/mol. The minimum Gasteiger partial charge on any atom is -0.361 e. The lowest BCUT2D eigenvalue weighted by Gasteiger charge is -2.27. The van der Waals surface area contributed by atoms with Gasteiger partial charge in [0.2, 0.25) is 0 Å². The number of rotatable bonds is 5. The lowest BCUT2D eigenvalue weighted by Crippen LogP contribution is -2.43. The summed E-state index contributed by atoms with van der Waals surface area (Å²) in [6.07, 6.45) is 3.10. The molecule has 1 saturated heterocycles. The summed E-state index contributed by atoms with van der Waals surface area (Å²) < 4.78 is 20.9. The molecule has 1 aliphatic heterocycles. The van der Waals surface area contributed by atoms with E-state index in [4.69, 9.17) is 4.52 Å². The SMILES string of the molecule is Cc1noc(C)c1Cn1cc(N2C(=O)N(Cc3ccccc3F)C(C)(C)C2=O)cn1. The van der Waals surface area contributed by atoms with Gasteiger partial charge in [0.05, 0.1) is 30.7 Å². The van der Waals surface area contributed by atoms with Crippen molar-refractivity contribution in [1.29, 1.82) is 0 Å². The highest BCUT2D eigenvalue weighted by molar-refractivity contribution is 6.22. The van der Waals surface area contributed by atoms with Gasteiger partial charge in [-0.15, -0.1) is 0 Å². The molecule has 0 N–H and O–H groups in total. The van der Waals surface area contributed by atoms with Gasteiger partial charge in [0.25, 0.3) is 5.91 Å². The van der Waals surface area contributed by atoms with Crippen molar-refractivity contribution in [1.82, 2.24) is 19.8 Å². The highest BCUT2D eigenvalue weighted by Gasteiger charge is 2.52. The summed E-state index contributed by atoms with van der Waals surface area (Å²) >= 11 is 0. The van der Waals surface area contributed by atoms with Crippen LogP contribution in [0.4, 0.5) is 14.9 Å². The van der Waals surface area contributed by atoms with E-state index in [1.807, 2.05) is 13.8 Å². The van der Waals surface area contributed by atoms with E-state index in [-0.39, 0.29) is 12.5 Å². The highest BCUT2D eigenvalue weighted by Crippen LogP contribution is 2.33. The van der Waals surface area contributed by atoms with Crippen LogP contribution in [0.5, 0.6) is 0 Å². The summed E-state index contributed by atoms with van der Waals surface area (Å²) in [5.41, 5.74) is 1.24. The number of hydrogen-bond acceptors (Lipinski definition) is 5. The first-order valence-corrected chi connectivity index (χ1v) is 9.54. The molecular weight excluding hydrogens is 389 g/mol. The topological polar surface area (TPSA) is 84.5 Å². The van der Waals surface area contributed by atoms with Crippen molar-refractivity contribution in [2.24, 2.45) is 0 Å². The summed E-state index contributed by atoms with van der Waals surface area (Å²) in [6.45, 7) is 7.36. The normalized spacial score (nSPS) is 16.0. The van der Waals surface area contributed by atoms with Crippen LogP contribution >= 0.6 is 0 Å². The van der Waals surface area contributed by atoms with Crippen molar-refractivity contribution in [2.75, 3.05) is 4.90 Å². The van der Waals surface area contributed by atoms with Crippen LogP contribution in [-0.2, 0) is 17.9 Å². The molecule has 0 radical (unpaired) electrons. The number of aromatic nitrogens is 3. The maximum Gasteiger partial charge on any atom is 0.332 e. The number of hydrogen-bond donors (Lipinski definition) is 0. The fraction of sp³-hybridized carbons (Fsp3) is 0.333. The van der Waals surface area contributed by atoms with E-state index in [0.717, 1.165) is 16.2 Å².